The molecule has 0 bridgehead atoms. The summed E-state index contributed by atoms with van der Waals surface area (Å²) in [6.45, 7) is 3.25. The molecule has 15 heavy (non-hydrogen) atoms. The first kappa shape index (κ1) is 10.9. The summed E-state index contributed by atoms with van der Waals surface area (Å²) in [7, 11) is 2.17. The lowest BCUT2D eigenvalue weighted by Gasteiger charge is -2.33. The molecule has 4 heteroatoms. The van der Waals surface area contributed by atoms with Crippen LogP contribution in [-0.4, -0.2) is 49.6 Å². The van der Waals surface area contributed by atoms with Gasteiger partial charge >= 0.3 is 0 Å². The molecule has 0 spiro atoms. The Morgan fingerprint density at radius 2 is 2.33 bits per heavy atom. The van der Waals surface area contributed by atoms with Crippen molar-refractivity contribution in [3.63, 3.8) is 0 Å². The third-order valence-electron chi connectivity index (χ3n) is 3.49. The van der Waals surface area contributed by atoms with Gasteiger partial charge < -0.3 is 15.5 Å². The summed E-state index contributed by atoms with van der Waals surface area (Å²) < 4.78 is 0. The summed E-state index contributed by atoms with van der Waals surface area (Å²) in [6.07, 6.45) is 4.26. The zero-order valence-electron chi connectivity index (χ0n) is 9.46. The van der Waals surface area contributed by atoms with Crippen molar-refractivity contribution in [1.82, 2.24) is 15.5 Å². The Hall–Kier alpha value is -0.610. The van der Waals surface area contributed by atoms with E-state index in [0.29, 0.717) is 18.5 Å². The first-order valence-corrected chi connectivity index (χ1v) is 5.96. The van der Waals surface area contributed by atoms with Gasteiger partial charge in [-0.1, -0.05) is 0 Å². The molecule has 4 nitrogen and oxygen atoms in total. The van der Waals surface area contributed by atoms with Crippen LogP contribution in [0.25, 0.3) is 0 Å². The molecule has 1 amide bonds. The zero-order valence-corrected chi connectivity index (χ0v) is 9.46. The highest BCUT2D eigenvalue weighted by Crippen LogP contribution is 2.12. The monoisotopic (exact) mass is 211 g/mol. The van der Waals surface area contributed by atoms with Crippen molar-refractivity contribution in [2.24, 2.45) is 0 Å². The van der Waals surface area contributed by atoms with Crippen LogP contribution >= 0.6 is 0 Å². The minimum atomic E-state index is 0.218. The van der Waals surface area contributed by atoms with Crippen molar-refractivity contribution in [3.05, 3.63) is 0 Å². The fraction of sp³-hybridized carbons (Fsp3) is 0.909. The van der Waals surface area contributed by atoms with Gasteiger partial charge in [-0.15, -0.1) is 0 Å². The highest BCUT2D eigenvalue weighted by atomic mass is 16.1. The van der Waals surface area contributed by atoms with E-state index in [1.807, 2.05) is 0 Å². The lowest BCUT2D eigenvalue weighted by Crippen LogP contribution is -2.48. The molecule has 2 fully saturated rings. The number of amides is 1. The van der Waals surface area contributed by atoms with Gasteiger partial charge in [0.1, 0.15) is 0 Å². The van der Waals surface area contributed by atoms with E-state index in [1.165, 1.54) is 12.8 Å². The fourth-order valence-corrected chi connectivity index (χ4v) is 2.52. The van der Waals surface area contributed by atoms with Crippen molar-refractivity contribution in [2.45, 2.75) is 37.8 Å². The molecule has 0 aromatic carbocycles. The zero-order chi connectivity index (χ0) is 10.7. The van der Waals surface area contributed by atoms with Crippen LogP contribution in [0.2, 0.25) is 0 Å². The van der Waals surface area contributed by atoms with Crippen LogP contribution in [0.5, 0.6) is 0 Å². The topological polar surface area (TPSA) is 44.4 Å². The largest absolute Gasteiger partial charge is 0.352 e. The Morgan fingerprint density at radius 3 is 2.93 bits per heavy atom. The van der Waals surface area contributed by atoms with Gasteiger partial charge in [-0.3, -0.25) is 4.79 Å². The molecule has 0 aromatic heterocycles. The van der Waals surface area contributed by atoms with Crippen LogP contribution in [0, 0.1) is 0 Å². The van der Waals surface area contributed by atoms with Crippen molar-refractivity contribution >= 4 is 5.91 Å². The standard InChI is InChI=1S/C11H21N3O/c1-14(10-3-2-6-12-7-10)8-9-4-5-11(15)13-9/h9-10,12H,2-8H2,1H3,(H,13,15). The van der Waals surface area contributed by atoms with Gasteiger partial charge in [0.15, 0.2) is 0 Å². The van der Waals surface area contributed by atoms with Crippen molar-refractivity contribution in [1.29, 1.82) is 0 Å². The molecule has 0 aliphatic carbocycles. The van der Waals surface area contributed by atoms with Gasteiger partial charge in [-0.25, -0.2) is 0 Å². The van der Waals surface area contributed by atoms with Gasteiger partial charge in [-0.2, -0.15) is 0 Å². The van der Waals surface area contributed by atoms with E-state index >= 15 is 0 Å². The number of carbonyl (C=O) groups is 1. The molecule has 2 rings (SSSR count). The number of rotatable bonds is 3. The normalized spacial score (nSPS) is 32.0. The second-order valence-electron chi connectivity index (χ2n) is 4.74. The maximum absolute atomic E-state index is 11.1. The molecule has 0 saturated carbocycles. The van der Waals surface area contributed by atoms with Gasteiger partial charge in [0, 0.05) is 31.6 Å². The number of carbonyl (C=O) groups excluding carboxylic acids is 1. The molecule has 0 aromatic rings. The minimum Gasteiger partial charge on any atom is -0.352 e. The molecule has 2 unspecified atom stereocenters. The second-order valence-corrected chi connectivity index (χ2v) is 4.74. The summed E-state index contributed by atoms with van der Waals surface area (Å²) in [6, 6.07) is 1.03. The molecule has 2 heterocycles. The van der Waals surface area contributed by atoms with Crippen LogP contribution in [-0.2, 0) is 4.79 Å². The molecular formula is C11H21N3O. The van der Waals surface area contributed by atoms with E-state index < -0.39 is 0 Å². The van der Waals surface area contributed by atoms with Crippen molar-refractivity contribution in [2.75, 3.05) is 26.7 Å². The molecular weight excluding hydrogens is 190 g/mol. The van der Waals surface area contributed by atoms with Gasteiger partial charge in [0.2, 0.25) is 5.91 Å². The van der Waals surface area contributed by atoms with Gasteiger partial charge in [0.25, 0.3) is 0 Å². The summed E-state index contributed by atoms with van der Waals surface area (Å²) in [5.41, 5.74) is 0. The molecule has 2 N–H and O–H groups in total. The fourth-order valence-electron chi connectivity index (χ4n) is 2.52. The van der Waals surface area contributed by atoms with Crippen LogP contribution in [0.4, 0.5) is 0 Å². The lowest BCUT2D eigenvalue weighted by molar-refractivity contribution is -0.119. The summed E-state index contributed by atoms with van der Waals surface area (Å²) in [5, 5.41) is 6.44. The van der Waals surface area contributed by atoms with E-state index in [2.05, 4.69) is 22.6 Å². The lowest BCUT2D eigenvalue weighted by atomic mass is 10.1. The number of nitrogens with one attached hydrogen (secondary N) is 2. The number of likely N-dealkylation sites (N-methyl/N-ethyl adjacent to an activating group) is 1. The predicted octanol–water partition coefficient (Wildman–Crippen LogP) is -0.0512. The van der Waals surface area contributed by atoms with Gasteiger partial charge in [-0.05, 0) is 32.9 Å². The minimum absolute atomic E-state index is 0.218. The van der Waals surface area contributed by atoms with Crippen LogP contribution < -0.4 is 10.6 Å². The van der Waals surface area contributed by atoms with E-state index in [9.17, 15) is 4.79 Å². The second kappa shape index (κ2) is 4.94. The van der Waals surface area contributed by atoms with Crippen LogP contribution in [0.3, 0.4) is 0 Å². The summed E-state index contributed by atoms with van der Waals surface area (Å²) in [4.78, 5) is 13.5. The Morgan fingerprint density at radius 1 is 1.47 bits per heavy atom. The van der Waals surface area contributed by atoms with Crippen LogP contribution in [0.1, 0.15) is 25.7 Å². The quantitative estimate of drug-likeness (QED) is 0.688. The number of piperidine rings is 1. The van der Waals surface area contributed by atoms with Crippen LogP contribution in [0.15, 0.2) is 0 Å². The van der Waals surface area contributed by atoms with Gasteiger partial charge in [0.05, 0.1) is 0 Å². The first-order valence-electron chi connectivity index (χ1n) is 5.96. The maximum Gasteiger partial charge on any atom is 0.220 e. The maximum atomic E-state index is 11.1. The average Bonchev–Trinajstić information content (AvgIpc) is 2.65. The third kappa shape index (κ3) is 2.92. The molecule has 2 saturated heterocycles. The number of nitrogens with zero attached hydrogens (tertiary/aromatic N) is 1. The average molecular weight is 211 g/mol. The SMILES string of the molecule is CN(CC1CCC(=O)N1)C1CCCNC1. The predicted molar refractivity (Wildman–Crippen MR) is 59.7 cm³/mol. The number of hydrogen-bond acceptors (Lipinski definition) is 3. The summed E-state index contributed by atoms with van der Waals surface area (Å²) >= 11 is 0. The van der Waals surface area contributed by atoms with E-state index in [1.54, 1.807) is 0 Å². The first-order chi connectivity index (χ1) is 7.25. The van der Waals surface area contributed by atoms with E-state index in [0.717, 1.165) is 26.1 Å². The van der Waals surface area contributed by atoms with Crippen molar-refractivity contribution in [3.8, 4) is 0 Å². The van der Waals surface area contributed by atoms with E-state index in [4.69, 9.17) is 0 Å². The Labute approximate surface area is 91.4 Å². The molecule has 86 valence electrons. The molecule has 2 atom stereocenters. The van der Waals surface area contributed by atoms with Crippen molar-refractivity contribution < 1.29 is 4.79 Å². The Kier molecular flexibility index (Phi) is 3.59. The summed E-state index contributed by atoms with van der Waals surface area (Å²) in [5.74, 6) is 0.218. The molecule has 2 aliphatic rings. The molecule has 0 radical (unpaired) electrons. The highest BCUT2D eigenvalue weighted by Gasteiger charge is 2.25. The third-order valence-corrected chi connectivity index (χ3v) is 3.49. The molecule has 2 aliphatic heterocycles. The highest BCUT2D eigenvalue weighted by molar-refractivity contribution is 5.78. The Balaban J connectivity index is 1.75. The smallest absolute Gasteiger partial charge is 0.220 e. The number of hydrogen-bond donors (Lipinski definition) is 2. The van der Waals surface area contributed by atoms with E-state index in [-0.39, 0.29) is 5.91 Å². The Bertz CT molecular complexity index is 226.